The van der Waals surface area contributed by atoms with Gasteiger partial charge < -0.3 is 15.0 Å². The van der Waals surface area contributed by atoms with Crippen molar-refractivity contribution in [3.8, 4) is 0 Å². The van der Waals surface area contributed by atoms with Crippen LogP contribution in [0.2, 0.25) is 5.02 Å². The van der Waals surface area contributed by atoms with Crippen LogP contribution in [0.1, 0.15) is 46.8 Å². The fourth-order valence-corrected chi connectivity index (χ4v) is 4.23. The molecule has 7 heteroatoms. The molecule has 156 valence electrons. The maximum Gasteiger partial charge on any atom is 0.407 e. The van der Waals surface area contributed by atoms with Crippen LogP contribution in [0.3, 0.4) is 0 Å². The number of carbonyl (C=O) groups is 1. The molecule has 4 rings (SSSR count). The lowest BCUT2D eigenvalue weighted by atomic mass is 9.89. The molecule has 1 aliphatic carbocycles. The number of aryl methyl sites for hydroxylation is 3. The molecule has 2 aromatic heterocycles. The summed E-state index contributed by atoms with van der Waals surface area (Å²) in [6.07, 6.45) is 9.11. The van der Waals surface area contributed by atoms with Gasteiger partial charge in [0.25, 0.3) is 0 Å². The molecule has 2 N–H and O–H groups in total. The first-order valence-electron chi connectivity index (χ1n) is 10.3. The Labute approximate surface area is 181 Å². The number of imidazole rings is 1. The number of amides is 1. The van der Waals surface area contributed by atoms with E-state index in [9.17, 15) is 4.79 Å². The second-order valence-electron chi connectivity index (χ2n) is 7.46. The number of aromatic nitrogens is 3. The lowest BCUT2D eigenvalue weighted by Crippen LogP contribution is -2.27. The number of alkyl carbamates (subject to hydrolysis) is 1. The number of carbonyl (C=O) groups excluding carboxylic acids is 1. The fraction of sp³-hybridized carbons (Fsp3) is 0.348. The Morgan fingerprint density at radius 2 is 2.13 bits per heavy atom. The van der Waals surface area contributed by atoms with Crippen LogP contribution in [-0.4, -0.2) is 34.2 Å². The normalized spacial score (nSPS) is 15.0. The smallest absolute Gasteiger partial charge is 0.407 e. The number of benzene rings is 1. The van der Waals surface area contributed by atoms with Crippen molar-refractivity contribution in [3.63, 3.8) is 0 Å². The van der Waals surface area contributed by atoms with E-state index in [1.165, 1.54) is 16.7 Å². The van der Waals surface area contributed by atoms with Crippen molar-refractivity contribution in [3.05, 3.63) is 82.2 Å². The van der Waals surface area contributed by atoms with Crippen LogP contribution in [0.15, 0.2) is 49.1 Å². The summed E-state index contributed by atoms with van der Waals surface area (Å²) in [7, 11) is 0. The first-order valence-corrected chi connectivity index (χ1v) is 10.7. The minimum atomic E-state index is -0.386. The molecule has 1 aromatic carbocycles. The minimum Gasteiger partial charge on any atom is -0.450 e. The molecule has 0 saturated carbocycles. The molecule has 0 radical (unpaired) electrons. The van der Waals surface area contributed by atoms with E-state index >= 15 is 0 Å². The zero-order chi connectivity index (χ0) is 20.8. The Morgan fingerprint density at radius 1 is 1.23 bits per heavy atom. The van der Waals surface area contributed by atoms with Crippen molar-refractivity contribution in [2.75, 3.05) is 13.2 Å². The monoisotopic (exact) mass is 424 g/mol. The van der Waals surface area contributed by atoms with Gasteiger partial charge in [-0.05, 0) is 67.0 Å². The fourth-order valence-electron chi connectivity index (χ4n) is 4.03. The lowest BCUT2D eigenvalue weighted by Gasteiger charge is -2.19. The van der Waals surface area contributed by atoms with Crippen LogP contribution < -0.4 is 5.32 Å². The van der Waals surface area contributed by atoms with E-state index in [-0.39, 0.29) is 12.0 Å². The van der Waals surface area contributed by atoms with Gasteiger partial charge in [-0.1, -0.05) is 23.7 Å². The summed E-state index contributed by atoms with van der Waals surface area (Å²) in [6, 6.07) is 10.2. The molecule has 1 atom stereocenters. The molecule has 0 bridgehead atoms. The van der Waals surface area contributed by atoms with Gasteiger partial charge in [-0.2, -0.15) is 0 Å². The number of nitrogens with one attached hydrogen (secondary N) is 2. The molecule has 2 heterocycles. The molecule has 0 fully saturated rings. The van der Waals surface area contributed by atoms with Gasteiger partial charge in [0.15, 0.2) is 0 Å². The molecular weight excluding hydrogens is 400 g/mol. The van der Waals surface area contributed by atoms with Crippen molar-refractivity contribution < 1.29 is 9.53 Å². The van der Waals surface area contributed by atoms with Crippen molar-refractivity contribution in [1.82, 2.24) is 20.3 Å². The SMILES string of the molecule is O=C(NCCC1c2ccc(Cl)cc2CCc2cccnc21)OCCCc1c[nH]cn1. The predicted molar refractivity (Wildman–Crippen MR) is 116 cm³/mol. The number of ether oxygens (including phenoxy) is 1. The number of pyridine rings is 1. The highest BCUT2D eigenvalue weighted by molar-refractivity contribution is 6.30. The molecule has 6 nitrogen and oxygen atoms in total. The molecule has 1 aliphatic rings. The Hall–Kier alpha value is -2.86. The van der Waals surface area contributed by atoms with Gasteiger partial charge in [-0.15, -0.1) is 0 Å². The van der Waals surface area contributed by atoms with E-state index in [1.807, 2.05) is 24.5 Å². The van der Waals surface area contributed by atoms with Crippen LogP contribution in [0, 0.1) is 0 Å². The second kappa shape index (κ2) is 9.76. The van der Waals surface area contributed by atoms with Gasteiger partial charge >= 0.3 is 6.09 Å². The number of halogens is 1. The van der Waals surface area contributed by atoms with E-state index in [0.29, 0.717) is 13.2 Å². The highest BCUT2D eigenvalue weighted by atomic mass is 35.5. The quantitative estimate of drug-likeness (QED) is 0.549. The average Bonchev–Trinajstić information content (AvgIpc) is 3.22. The Balaban J connectivity index is 1.34. The highest BCUT2D eigenvalue weighted by Gasteiger charge is 2.25. The van der Waals surface area contributed by atoms with Gasteiger partial charge in [-0.25, -0.2) is 9.78 Å². The van der Waals surface area contributed by atoms with Gasteiger partial charge in [0, 0.05) is 29.9 Å². The van der Waals surface area contributed by atoms with Gasteiger partial charge in [-0.3, -0.25) is 4.98 Å². The van der Waals surface area contributed by atoms with E-state index in [2.05, 4.69) is 38.5 Å². The Kier molecular flexibility index (Phi) is 6.64. The molecule has 0 aliphatic heterocycles. The average molecular weight is 425 g/mol. The van der Waals surface area contributed by atoms with Crippen molar-refractivity contribution >= 4 is 17.7 Å². The highest BCUT2D eigenvalue weighted by Crippen LogP contribution is 2.36. The second-order valence-corrected chi connectivity index (χ2v) is 7.90. The molecule has 3 aromatic rings. The first kappa shape index (κ1) is 20.4. The van der Waals surface area contributed by atoms with Crippen LogP contribution >= 0.6 is 11.6 Å². The predicted octanol–water partition coefficient (Wildman–Crippen LogP) is 4.44. The van der Waals surface area contributed by atoms with E-state index in [0.717, 1.165) is 48.5 Å². The number of nitrogens with zero attached hydrogens (tertiary/aromatic N) is 2. The number of aromatic amines is 1. The molecule has 1 unspecified atom stereocenters. The lowest BCUT2D eigenvalue weighted by molar-refractivity contribution is 0.144. The van der Waals surface area contributed by atoms with Crippen molar-refractivity contribution in [2.24, 2.45) is 0 Å². The van der Waals surface area contributed by atoms with Gasteiger partial charge in [0.2, 0.25) is 0 Å². The van der Waals surface area contributed by atoms with Crippen molar-refractivity contribution in [1.29, 1.82) is 0 Å². The Bertz CT molecular complexity index is 991. The molecule has 1 amide bonds. The van der Waals surface area contributed by atoms with E-state index < -0.39 is 0 Å². The number of hydrogen-bond donors (Lipinski definition) is 2. The third-order valence-electron chi connectivity index (χ3n) is 5.47. The standard InChI is InChI=1S/C23H25ClN4O2/c24-18-7-8-20-17(13-18)6-5-16-3-1-10-26-22(16)21(20)9-11-27-23(29)30-12-2-4-19-14-25-15-28-19/h1,3,7-8,10,13-15,21H,2,4-6,9,11-12H2,(H,25,28)(H,27,29). The summed E-state index contributed by atoms with van der Waals surface area (Å²) in [5.41, 5.74) is 5.82. The maximum atomic E-state index is 12.1. The summed E-state index contributed by atoms with van der Waals surface area (Å²) >= 11 is 6.23. The van der Waals surface area contributed by atoms with Crippen LogP contribution in [-0.2, 0) is 24.0 Å². The summed E-state index contributed by atoms with van der Waals surface area (Å²) in [6.45, 7) is 0.884. The van der Waals surface area contributed by atoms with Crippen molar-refractivity contribution in [2.45, 2.75) is 38.0 Å². The number of hydrogen-bond acceptors (Lipinski definition) is 4. The van der Waals surface area contributed by atoms with Crippen LogP contribution in [0.4, 0.5) is 4.79 Å². The maximum absolute atomic E-state index is 12.1. The Morgan fingerprint density at radius 3 is 3.00 bits per heavy atom. The summed E-state index contributed by atoms with van der Waals surface area (Å²) in [4.78, 5) is 23.8. The van der Waals surface area contributed by atoms with Gasteiger partial charge in [0.05, 0.1) is 24.3 Å². The number of fused-ring (bicyclic) bond motifs is 2. The largest absolute Gasteiger partial charge is 0.450 e. The zero-order valence-corrected chi connectivity index (χ0v) is 17.5. The molecule has 0 spiro atoms. The molecular formula is C23H25ClN4O2. The van der Waals surface area contributed by atoms with Gasteiger partial charge in [0.1, 0.15) is 0 Å². The first-order chi connectivity index (χ1) is 14.7. The number of H-pyrrole nitrogens is 1. The van der Waals surface area contributed by atoms with Crippen LogP contribution in [0.25, 0.3) is 0 Å². The topological polar surface area (TPSA) is 79.9 Å². The van der Waals surface area contributed by atoms with E-state index in [1.54, 1.807) is 6.33 Å². The third kappa shape index (κ3) is 5.00. The zero-order valence-electron chi connectivity index (χ0n) is 16.7. The summed E-state index contributed by atoms with van der Waals surface area (Å²) in [5, 5.41) is 3.63. The van der Waals surface area contributed by atoms with E-state index in [4.69, 9.17) is 16.3 Å². The summed E-state index contributed by atoms with van der Waals surface area (Å²) in [5.74, 6) is 0.121. The summed E-state index contributed by atoms with van der Waals surface area (Å²) < 4.78 is 5.29. The molecule has 0 saturated heterocycles. The number of rotatable bonds is 7. The minimum absolute atomic E-state index is 0.121. The molecule has 30 heavy (non-hydrogen) atoms. The van der Waals surface area contributed by atoms with Crippen LogP contribution in [0.5, 0.6) is 0 Å². The third-order valence-corrected chi connectivity index (χ3v) is 5.70.